The first kappa shape index (κ1) is 10.1. The van der Waals surface area contributed by atoms with Crippen LogP contribution in [-0.4, -0.2) is 23.4 Å². The lowest BCUT2D eigenvalue weighted by Crippen LogP contribution is -1.99. The fourth-order valence-corrected chi connectivity index (χ4v) is 1.76. The Morgan fingerprint density at radius 1 is 1.33 bits per heavy atom. The van der Waals surface area contributed by atoms with Crippen molar-refractivity contribution in [3.05, 3.63) is 22.4 Å². The van der Waals surface area contributed by atoms with Gasteiger partial charge in [0.2, 0.25) is 0 Å². The number of halogens is 2. The molecule has 0 spiro atoms. The summed E-state index contributed by atoms with van der Waals surface area (Å²) in [5.41, 5.74) is 0. The molecule has 0 fully saturated rings. The van der Waals surface area contributed by atoms with E-state index in [4.69, 9.17) is 23.2 Å². The number of nitrogens with zero attached hydrogens (tertiary/aromatic N) is 2. The summed E-state index contributed by atoms with van der Waals surface area (Å²) in [6, 6.07) is 3.57. The molecule has 0 aliphatic heterocycles. The van der Waals surface area contributed by atoms with E-state index in [2.05, 4.69) is 4.98 Å². The molecular formula is C7H8Cl2N2S. The number of hydrogen-bond acceptors (Lipinski definition) is 3. The van der Waals surface area contributed by atoms with Crippen LogP contribution in [0.3, 0.4) is 0 Å². The Morgan fingerprint density at radius 2 is 2.00 bits per heavy atom. The van der Waals surface area contributed by atoms with Crippen LogP contribution >= 0.6 is 35.1 Å². The van der Waals surface area contributed by atoms with Gasteiger partial charge in [0.25, 0.3) is 0 Å². The lowest BCUT2D eigenvalue weighted by molar-refractivity contribution is 0.702. The average Bonchev–Trinajstić information content (AvgIpc) is 1.94. The summed E-state index contributed by atoms with van der Waals surface area (Å²) in [4.78, 5) is 4.82. The van der Waals surface area contributed by atoms with Crippen molar-refractivity contribution in [1.29, 1.82) is 0 Å². The Morgan fingerprint density at radius 3 is 2.50 bits per heavy atom. The summed E-state index contributed by atoms with van der Waals surface area (Å²) in [6.45, 7) is 0. The van der Waals surface area contributed by atoms with Gasteiger partial charge in [-0.3, -0.25) is 4.31 Å². The van der Waals surface area contributed by atoms with Crippen LogP contribution in [0.1, 0.15) is 0 Å². The molecule has 1 rings (SSSR count). The van der Waals surface area contributed by atoms with Crippen LogP contribution in [0, 0.1) is 0 Å². The van der Waals surface area contributed by atoms with Crippen LogP contribution in [0.5, 0.6) is 0 Å². The van der Waals surface area contributed by atoms with Gasteiger partial charge in [0.15, 0.2) is 0 Å². The zero-order chi connectivity index (χ0) is 9.14. The van der Waals surface area contributed by atoms with Gasteiger partial charge < -0.3 is 0 Å². The predicted molar refractivity (Wildman–Crippen MR) is 53.8 cm³/mol. The summed E-state index contributed by atoms with van der Waals surface area (Å²) in [7, 11) is 3.88. The van der Waals surface area contributed by atoms with Gasteiger partial charge in [0, 0.05) is 0 Å². The number of aromatic nitrogens is 1. The van der Waals surface area contributed by atoms with Crippen LogP contribution in [0.15, 0.2) is 17.0 Å². The van der Waals surface area contributed by atoms with E-state index in [9.17, 15) is 0 Å². The van der Waals surface area contributed by atoms with Crippen LogP contribution in [-0.2, 0) is 0 Å². The number of hydrogen-bond donors (Lipinski definition) is 0. The van der Waals surface area contributed by atoms with Crippen molar-refractivity contribution in [2.75, 3.05) is 14.1 Å². The molecule has 0 N–H and O–H groups in total. The summed E-state index contributed by atoms with van der Waals surface area (Å²) < 4.78 is 1.94. The average molecular weight is 223 g/mol. The highest BCUT2D eigenvalue weighted by atomic mass is 35.5. The molecule has 0 unspecified atom stereocenters. The van der Waals surface area contributed by atoms with Crippen LogP contribution in [0.25, 0.3) is 0 Å². The Labute approximate surface area is 86.0 Å². The molecule has 0 aliphatic carbocycles. The maximum Gasteiger partial charge on any atom is 0.145 e. The molecule has 0 saturated carbocycles. The third-order valence-corrected chi connectivity index (χ3v) is 2.56. The van der Waals surface area contributed by atoms with Gasteiger partial charge in [-0.05, 0) is 38.2 Å². The minimum absolute atomic E-state index is 0.420. The zero-order valence-corrected chi connectivity index (χ0v) is 9.04. The molecule has 0 bridgehead atoms. The minimum atomic E-state index is 0.420. The van der Waals surface area contributed by atoms with Crippen molar-refractivity contribution in [3.8, 4) is 0 Å². The quantitative estimate of drug-likeness (QED) is 0.566. The molecule has 0 radical (unpaired) electrons. The Balaban J connectivity index is 2.86. The van der Waals surface area contributed by atoms with Gasteiger partial charge >= 0.3 is 0 Å². The minimum Gasteiger partial charge on any atom is -0.252 e. The molecule has 5 heteroatoms. The normalized spacial score (nSPS) is 10.8. The zero-order valence-electron chi connectivity index (χ0n) is 6.71. The van der Waals surface area contributed by atoms with Crippen LogP contribution in [0.2, 0.25) is 10.3 Å². The number of rotatable bonds is 2. The van der Waals surface area contributed by atoms with Crippen molar-refractivity contribution in [2.24, 2.45) is 0 Å². The van der Waals surface area contributed by atoms with Crippen molar-refractivity contribution in [3.63, 3.8) is 0 Å². The lowest BCUT2D eigenvalue weighted by atomic mass is 10.5. The summed E-state index contributed by atoms with van der Waals surface area (Å²) in [5.74, 6) is 0. The van der Waals surface area contributed by atoms with E-state index in [1.54, 1.807) is 6.07 Å². The summed E-state index contributed by atoms with van der Waals surface area (Å²) in [6.07, 6.45) is 0. The second-order valence-electron chi connectivity index (χ2n) is 2.33. The van der Waals surface area contributed by atoms with Gasteiger partial charge in [0.1, 0.15) is 10.3 Å². The monoisotopic (exact) mass is 222 g/mol. The molecule has 12 heavy (non-hydrogen) atoms. The molecule has 0 atom stereocenters. The standard InChI is InChI=1S/C7H8Cl2N2S/c1-11(2)12-5-3-4-6(8)10-7(5)9/h3-4H,1-2H3. The van der Waals surface area contributed by atoms with E-state index < -0.39 is 0 Å². The number of pyridine rings is 1. The van der Waals surface area contributed by atoms with E-state index in [-0.39, 0.29) is 0 Å². The molecule has 1 aromatic rings. The summed E-state index contributed by atoms with van der Waals surface area (Å²) in [5, 5.41) is 0.865. The molecule has 0 saturated heterocycles. The Bertz CT molecular complexity index is 278. The SMILES string of the molecule is CN(C)Sc1ccc(Cl)nc1Cl. The Kier molecular flexibility index (Phi) is 3.65. The molecule has 0 aromatic carbocycles. The van der Waals surface area contributed by atoms with Gasteiger partial charge in [-0.1, -0.05) is 23.2 Å². The van der Waals surface area contributed by atoms with Crippen LogP contribution < -0.4 is 0 Å². The van der Waals surface area contributed by atoms with E-state index in [0.29, 0.717) is 10.3 Å². The molecule has 1 heterocycles. The summed E-state index contributed by atoms with van der Waals surface area (Å²) >= 11 is 13.0. The van der Waals surface area contributed by atoms with E-state index in [1.807, 2.05) is 24.5 Å². The van der Waals surface area contributed by atoms with Crippen molar-refractivity contribution < 1.29 is 0 Å². The fraction of sp³-hybridized carbons (Fsp3) is 0.286. The first-order valence-electron chi connectivity index (χ1n) is 3.27. The Hall–Kier alpha value is 0.0400. The van der Waals surface area contributed by atoms with Crippen molar-refractivity contribution in [2.45, 2.75) is 4.90 Å². The van der Waals surface area contributed by atoms with E-state index in [0.717, 1.165) is 4.90 Å². The maximum absolute atomic E-state index is 5.83. The van der Waals surface area contributed by atoms with Gasteiger partial charge in [0.05, 0.1) is 4.90 Å². The molecule has 0 amide bonds. The molecule has 2 nitrogen and oxygen atoms in total. The van der Waals surface area contributed by atoms with E-state index in [1.165, 1.54) is 11.9 Å². The first-order valence-corrected chi connectivity index (χ1v) is 4.80. The third-order valence-electron chi connectivity index (χ3n) is 1.06. The second-order valence-corrected chi connectivity index (χ2v) is 4.42. The molecular weight excluding hydrogens is 215 g/mol. The topological polar surface area (TPSA) is 16.1 Å². The third kappa shape index (κ3) is 2.83. The van der Waals surface area contributed by atoms with Gasteiger partial charge in [-0.25, -0.2) is 4.98 Å². The fourth-order valence-electron chi connectivity index (χ4n) is 0.664. The van der Waals surface area contributed by atoms with Crippen molar-refractivity contribution in [1.82, 2.24) is 9.29 Å². The van der Waals surface area contributed by atoms with Crippen molar-refractivity contribution >= 4 is 35.1 Å². The van der Waals surface area contributed by atoms with Crippen LogP contribution in [0.4, 0.5) is 0 Å². The van der Waals surface area contributed by atoms with E-state index >= 15 is 0 Å². The highest BCUT2D eigenvalue weighted by Crippen LogP contribution is 2.27. The second kappa shape index (κ2) is 4.33. The first-order chi connectivity index (χ1) is 5.59. The largest absolute Gasteiger partial charge is 0.252 e. The lowest BCUT2D eigenvalue weighted by Gasteiger charge is -2.08. The molecule has 66 valence electrons. The predicted octanol–water partition coefficient (Wildman–Crippen LogP) is 2.96. The highest BCUT2D eigenvalue weighted by Gasteiger charge is 2.03. The molecule has 0 aliphatic rings. The smallest absolute Gasteiger partial charge is 0.145 e. The van der Waals surface area contributed by atoms with Gasteiger partial charge in [-0.15, -0.1) is 0 Å². The van der Waals surface area contributed by atoms with Gasteiger partial charge in [-0.2, -0.15) is 0 Å². The highest BCUT2D eigenvalue weighted by molar-refractivity contribution is 7.97. The maximum atomic E-state index is 5.83. The molecule has 1 aromatic heterocycles.